The van der Waals surface area contributed by atoms with Gasteiger partial charge in [0, 0.05) is 12.6 Å². The lowest BCUT2D eigenvalue weighted by atomic mass is 10.2. The highest BCUT2D eigenvalue weighted by molar-refractivity contribution is 6.39. The van der Waals surface area contributed by atoms with Crippen LogP contribution in [0.25, 0.3) is 0 Å². The molecule has 1 aromatic carbocycles. The van der Waals surface area contributed by atoms with Crippen LogP contribution in [-0.4, -0.2) is 58.1 Å². The van der Waals surface area contributed by atoms with Crippen LogP contribution in [0.1, 0.15) is 6.42 Å². The van der Waals surface area contributed by atoms with E-state index in [0.29, 0.717) is 23.7 Å². The molecule has 0 saturated heterocycles. The number of rotatable bonds is 7. The van der Waals surface area contributed by atoms with Crippen LogP contribution in [0.3, 0.4) is 0 Å². The molecule has 22 heavy (non-hydrogen) atoms. The first-order valence-electron chi connectivity index (χ1n) is 6.94. The van der Waals surface area contributed by atoms with Crippen molar-refractivity contribution in [3.05, 3.63) is 18.2 Å². The molecule has 2 N–H and O–H groups in total. The Morgan fingerprint density at radius 3 is 2.45 bits per heavy atom. The van der Waals surface area contributed by atoms with E-state index in [1.165, 1.54) is 14.2 Å². The van der Waals surface area contributed by atoms with Crippen molar-refractivity contribution in [1.82, 2.24) is 10.2 Å². The van der Waals surface area contributed by atoms with Gasteiger partial charge < -0.3 is 25.0 Å². The van der Waals surface area contributed by atoms with Gasteiger partial charge in [0.15, 0.2) is 0 Å². The van der Waals surface area contributed by atoms with E-state index in [1.54, 1.807) is 18.2 Å². The normalized spacial score (nSPS) is 10.2. The summed E-state index contributed by atoms with van der Waals surface area (Å²) in [5.74, 6) is -0.405. The summed E-state index contributed by atoms with van der Waals surface area (Å²) in [6.07, 6.45) is 0.772. The number of benzene rings is 1. The minimum atomic E-state index is -0.739. The number of nitrogens with one attached hydrogen (secondary N) is 2. The molecule has 0 aliphatic carbocycles. The molecule has 0 radical (unpaired) electrons. The first-order chi connectivity index (χ1) is 10.5. The van der Waals surface area contributed by atoms with E-state index in [4.69, 9.17) is 9.47 Å². The van der Waals surface area contributed by atoms with Crippen LogP contribution in [-0.2, 0) is 9.59 Å². The summed E-state index contributed by atoms with van der Waals surface area (Å²) in [5, 5.41) is 5.09. The lowest BCUT2D eigenvalue weighted by Gasteiger charge is -2.12. The second kappa shape index (κ2) is 8.89. The van der Waals surface area contributed by atoms with Crippen LogP contribution in [0.2, 0.25) is 0 Å². The number of anilines is 1. The number of carbonyl (C=O) groups excluding carboxylic acids is 2. The summed E-state index contributed by atoms with van der Waals surface area (Å²) in [6, 6.07) is 4.95. The largest absolute Gasteiger partial charge is 0.497 e. The first-order valence-corrected chi connectivity index (χ1v) is 6.94. The lowest BCUT2D eigenvalue weighted by Crippen LogP contribution is -2.36. The number of methoxy groups -OCH3 is 2. The molecule has 0 aliphatic rings. The topological polar surface area (TPSA) is 79.9 Å². The fourth-order valence-corrected chi connectivity index (χ4v) is 1.77. The minimum Gasteiger partial charge on any atom is -0.497 e. The second-order valence-electron chi connectivity index (χ2n) is 4.93. The highest BCUT2D eigenvalue weighted by Crippen LogP contribution is 2.28. The maximum atomic E-state index is 11.9. The van der Waals surface area contributed by atoms with Gasteiger partial charge in [-0.3, -0.25) is 9.59 Å². The number of hydrogen-bond donors (Lipinski definition) is 2. The Labute approximate surface area is 130 Å². The van der Waals surface area contributed by atoms with Gasteiger partial charge in [-0.2, -0.15) is 0 Å². The molecule has 0 atom stereocenters. The number of carbonyl (C=O) groups is 2. The molecule has 7 heteroatoms. The molecule has 0 aromatic heterocycles. The van der Waals surface area contributed by atoms with Gasteiger partial charge in [-0.25, -0.2) is 0 Å². The van der Waals surface area contributed by atoms with Crippen LogP contribution >= 0.6 is 0 Å². The molecular weight excluding hydrogens is 286 g/mol. The molecule has 0 unspecified atom stereocenters. The fourth-order valence-electron chi connectivity index (χ4n) is 1.77. The highest BCUT2D eigenvalue weighted by atomic mass is 16.5. The first kappa shape index (κ1) is 17.8. The van der Waals surface area contributed by atoms with Crippen LogP contribution in [0, 0.1) is 0 Å². The highest BCUT2D eigenvalue weighted by Gasteiger charge is 2.15. The van der Waals surface area contributed by atoms with Gasteiger partial charge in [-0.1, -0.05) is 0 Å². The number of ether oxygens (including phenoxy) is 2. The van der Waals surface area contributed by atoms with Crippen molar-refractivity contribution in [2.75, 3.05) is 46.7 Å². The molecule has 1 aromatic rings. The summed E-state index contributed by atoms with van der Waals surface area (Å²) in [4.78, 5) is 25.6. The van der Waals surface area contributed by atoms with Gasteiger partial charge in [-0.05, 0) is 39.2 Å². The quantitative estimate of drug-likeness (QED) is 0.573. The zero-order valence-corrected chi connectivity index (χ0v) is 13.4. The van der Waals surface area contributed by atoms with Crippen molar-refractivity contribution in [2.24, 2.45) is 0 Å². The summed E-state index contributed by atoms with van der Waals surface area (Å²) in [6.45, 7) is 1.28. The van der Waals surface area contributed by atoms with E-state index < -0.39 is 11.8 Å². The van der Waals surface area contributed by atoms with Crippen molar-refractivity contribution in [1.29, 1.82) is 0 Å². The minimum absolute atomic E-state index is 0.385. The van der Waals surface area contributed by atoms with E-state index in [9.17, 15) is 9.59 Å². The van der Waals surface area contributed by atoms with Crippen molar-refractivity contribution >= 4 is 17.5 Å². The van der Waals surface area contributed by atoms with E-state index in [1.807, 2.05) is 19.0 Å². The molecule has 0 spiro atoms. The van der Waals surface area contributed by atoms with Crippen molar-refractivity contribution < 1.29 is 19.1 Å². The average molecular weight is 309 g/mol. The van der Waals surface area contributed by atoms with Gasteiger partial charge in [0.25, 0.3) is 0 Å². The van der Waals surface area contributed by atoms with Gasteiger partial charge in [0.2, 0.25) is 0 Å². The Kier molecular flexibility index (Phi) is 7.18. The Hall–Kier alpha value is -2.28. The molecule has 0 saturated carbocycles. The molecule has 1 rings (SSSR count). The Morgan fingerprint density at radius 1 is 1.14 bits per heavy atom. The SMILES string of the molecule is COc1ccc(OC)c(NC(=O)C(=O)NCCCN(C)C)c1. The third kappa shape index (κ3) is 5.61. The fraction of sp³-hybridized carbons (Fsp3) is 0.467. The van der Waals surface area contributed by atoms with E-state index in [-0.39, 0.29) is 0 Å². The summed E-state index contributed by atoms with van der Waals surface area (Å²) in [5.41, 5.74) is 0.385. The summed E-state index contributed by atoms with van der Waals surface area (Å²) in [7, 11) is 6.90. The number of amides is 2. The van der Waals surface area contributed by atoms with Crippen LogP contribution in [0.4, 0.5) is 5.69 Å². The number of nitrogens with zero attached hydrogens (tertiary/aromatic N) is 1. The zero-order valence-electron chi connectivity index (χ0n) is 13.4. The van der Waals surface area contributed by atoms with Gasteiger partial charge in [0.05, 0.1) is 19.9 Å². The molecule has 2 amide bonds. The molecule has 0 heterocycles. The van der Waals surface area contributed by atoms with Gasteiger partial charge in [0.1, 0.15) is 11.5 Å². The van der Waals surface area contributed by atoms with Gasteiger partial charge in [-0.15, -0.1) is 0 Å². The van der Waals surface area contributed by atoms with E-state index in [2.05, 4.69) is 10.6 Å². The molecule has 0 aliphatic heterocycles. The monoisotopic (exact) mass is 309 g/mol. The number of hydrogen-bond acceptors (Lipinski definition) is 5. The Morgan fingerprint density at radius 2 is 1.86 bits per heavy atom. The van der Waals surface area contributed by atoms with Crippen LogP contribution in [0.15, 0.2) is 18.2 Å². The van der Waals surface area contributed by atoms with Crippen molar-refractivity contribution in [2.45, 2.75) is 6.42 Å². The lowest BCUT2D eigenvalue weighted by molar-refractivity contribution is -0.136. The Balaban J connectivity index is 2.58. The zero-order chi connectivity index (χ0) is 16.5. The predicted octanol–water partition coefficient (Wildman–Crippen LogP) is 0.710. The molecule has 7 nitrogen and oxygen atoms in total. The average Bonchev–Trinajstić information content (AvgIpc) is 2.50. The third-order valence-corrected chi connectivity index (χ3v) is 2.93. The predicted molar refractivity (Wildman–Crippen MR) is 84.4 cm³/mol. The maximum absolute atomic E-state index is 11.9. The Bertz CT molecular complexity index is 518. The summed E-state index contributed by atoms with van der Waals surface area (Å²) >= 11 is 0. The standard InChI is InChI=1S/C15H23N3O4/c1-18(2)9-5-8-16-14(19)15(20)17-12-10-11(21-3)6-7-13(12)22-4/h6-7,10H,5,8-9H2,1-4H3,(H,16,19)(H,17,20). The molecule has 0 fully saturated rings. The molecule has 0 bridgehead atoms. The summed E-state index contributed by atoms with van der Waals surface area (Å²) < 4.78 is 10.2. The van der Waals surface area contributed by atoms with Gasteiger partial charge >= 0.3 is 11.8 Å². The van der Waals surface area contributed by atoms with E-state index in [0.717, 1.165) is 13.0 Å². The van der Waals surface area contributed by atoms with Crippen LogP contribution < -0.4 is 20.1 Å². The second-order valence-corrected chi connectivity index (χ2v) is 4.93. The van der Waals surface area contributed by atoms with E-state index >= 15 is 0 Å². The molecule has 122 valence electrons. The molecular formula is C15H23N3O4. The van der Waals surface area contributed by atoms with Crippen LogP contribution in [0.5, 0.6) is 11.5 Å². The van der Waals surface area contributed by atoms with Crippen molar-refractivity contribution in [3.63, 3.8) is 0 Å². The smallest absolute Gasteiger partial charge is 0.313 e. The third-order valence-electron chi connectivity index (χ3n) is 2.93. The van der Waals surface area contributed by atoms with Crippen molar-refractivity contribution in [3.8, 4) is 11.5 Å². The maximum Gasteiger partial charge on any atom is 0.313 e.